The molecule has 1 N–H and O–H groups in total. The second kappa shape index (κ2) is 8.32. The molecular weight excluding hydrogens is 454 g/mol. The molecule has 0 bridgehead atoms. The molecule has 0 unspecified atom stereocenters. The summed E-state index contributed by atoms with van der Waals surface area (Å²) in [6.45, 7) is -1.28. The molecule has 1 aliphatic rings. The molecule has 1 atom stereocenters. The Morgan fingerprint density at radius 3 is 2.96 bits per heavy atom. The standard InChI is InChI=1S/C18H15BrF2N4O2S/c19-12-3-1-2-11(4-12)5-15-24-14(9-28-15)17(27)23-8-16(26)25-10-18(20,21)6-13(25)7-22/h1-4,9,13H,5-6,8,10H2,(H,23,27)/t13-/m0/s1. The first kappa shape index (κ1) is 20.4. The van der Waals surface area contributed by atoms with Gasteiger partial charge in [0.05, 0.1) is 24.2 Å². The lowest BCUT2D eigenvalue weighted by molar-refractivity contribution is -0.131. The number of thiazole rings is 1. The summed E-state index contributed by atoms with van der Waals surface area (Å²) >= 11 is 4.72. The van der Waals surface area contributed by atoms with E-state index in [1.165, 1.54) is 11.3 Å². The normalized spacial score (nSPS) is 17.9. The highest BCUT2D eigenvalue weighted by atomic mass is 79.9. The van der Waals surface area contributed by atoms with Crippen molar-refractivity contribution in [3.63, 3.8) is 0 Å². The summed E-state index contributed by atoms with van der Waals surface area (Å²) < 4.78 is 27.8. The number of alkyl halides is 2. The topological polar surface area (TPSA) is 86.1 Å². The van der Waals surface area contributed by atoms with E-state index < -0.39 is 43.3 Å². The number of likely N-dealkylation sites (tertiary alicyclic amines) is 1. The van der Waals surface area contributed by atoms with E-state index in [9.17, 15) is 18.4 Å². The van der Waals surface area contributed by atoms with Crippen LogP contribution in [-0.2, 0) is 11.2 Å². The summed E-state index contributed by atoms with van der Waals surface area (Å²) in [5.74, 6) is -4.37. The van der Waals surface area contributed by atoms with Gasteiger partial charge in [0.2, 0.25) is 5.91 Å². The molecule has 0 radical (unpaired) electrons. The van der Waals surface area contributed by atoms with Gasteiger partial charge in [0.1, 0.15) is 11.7 Å². The van der Waals surface area contributed by atoms with Crippen LogP contribution in [0.25, 0.3) is 0 Å². The van der Waals surface area contributed by atoms with Gasteiger partial charge in [-0.15, -0.1) is 11.3 Å². The third kappa shape index (κ3) is 4.91. The van der Waals surface area contributed by atoms with E-state index in [2.05, 4.69) is 26.2 Å². The van der Waals surface area contributed by atoms with Crippen molar-refractivity contribution < 1.29 is 18.4 Å². The quantitative estimate of drug-likeness (QED) is 0.730. The molecule has 1 aromatic carbocycles. The molecule has 146 valence electrons. The number of halogens is 3. The molecule has 0 saturated carbocycles. The fourth-order valence-corrected chi connectivity index (χ4v) is 4.12. The Hall–Kier alpha value is -2.38. The fourth-order valence-electron chi connectivity index (χ4n) is 2.86. The molecule has 3 rings (SSSR count). The van der Waals surface area contributed by atoms with Crippen molar-refractivity contribution in [1.29, 1.82) is 5.26 Å². The molecule has 1 saturated heterocycles. The summed E-state index contributed by atoms with van der Waals surface area (Å²) in [5, 5.41) is 13.6. The van der Waals surface area contributed by atoms with Crippen molar-refractivity contribution in [1.82, 2.24) is 15.2 Å². The van der Waals surface area contributed by atoms with E-state index in [1.54, 1.807) is 11.4 Å². The first-order valence-corrected chi connectivity index (χ1v) is 9.98. The Morgan fingerprint density at radius 2 is 2.25 bits per heavy atom. The van der Waals surface area contributed by atoms with Crippen LogP contribution in [0.2, 0.25) is 0 Å². The number of hydrogen-bond acceptors (Lipinski definition) is 5. The van der Waals surface area contributed by atoms with Crippen LogP contribution in [0.4, 0.5) is 8.78 Å². The summed E-state index contributed by atoms with van der Waals surface area (Å²) in [7, 11) is 0. The number of nitriles is 1. The Morgan fingerprint density at radius 1 is 1.46 bits per heavy atom. The molecule has 10 heteroatoms. The number of benzene rings is 1. The van der Waals surface area contributed by atoms with Crippen molar-refractivity contribution in [3.8, 4) is 6.07 Å². The van der Waals surface area contributed by atoms with Gasteiger partial charge in [0.25, 0.3) is 11.8 Å². The van der Waals surface area contributed by atoms with Crippen LogP contribution in [0.3, 0.4) is 0 Å². The number of nitrogens with one attached hydrogen (secondary N) is 1. The lowest BCUT2D eigenvalue weighted by Gasteiger charge is -2.19. The number of rotatable bonds is 5. The van der Waals surface area contributed by atoms with Gasteiger partial charge in [0.15, 0.2) is 0 Å². The van der Waals surface area contributed by atoms with Gasteiger partial charge in [-0.3, -0.25) is 9.59 Å². The van der Waals surface area contributed by atoms with E-state index in [1.807, 2.05) is 24.3 Å². The van der Waals surface area contributed by atoms with Gasteiger partial charge in [-0.25, -0.2) is 13.8 Å². The monoisotopic (exact) mass is 468 g/mol. The lowest BCUT2D eigenvalue weighted by atomic mass is 10.2. The fraction of sp³-hybridized carbons (Fsp3) is 0.333. The number of aromatic nitrogens is 1. The van der Waals surface area contributed by atoms with Crippen LogP contribution >= 0.6 is 27.3 Å². The number of hydrogen-bond donors (Lipinski definition) is 1. The molecule has 2 aromatic rings. The second-order valence-corrected chi connectivity index (χ2v) is 8.20. The van der Waals surface area contributed by atoms with E-state index in [0.717, 1.165) is 19.9 Å². The lowest BCUT2D eigenvalue weighted by Crippen LogP contribution is -2.43. The minimum absolute atomic E-state index is 0.159. The van der Waals surface area contributed by atoms with Crippen LogP contribution in [0.1, 0.15) is 27.5 Å². The summed E-state index contributed by atoms with van der Waals surface area (Å²) in [5.41, 5.74) is 1.19. The third-order valence-electron chi connectivity index (χ3n) is 4.17. The zero-order valence-corrected chi connectivity index (χ0v) is 16.9. The maximum atomic E-state index is 13.4. The van der Waals surface area contributed by atoms with Crippen LogP contribution in [-0.4, -0.2) is 46.8 Å². The van der Waals surface area contributed by atoms with Gasteiger partial charge >= 0.3 is 0 Å². The van der Waals surface area contributed by atoms with Gasteiger partial charge in [0, 0.05) is 22.7 Å². The van der Waals surface area contributed by atoms with E-state index in [0.29, 0.717) is 6.42 Å². The molecule has 0 spiro atoms. The van der Waals surface area contributed by atoms with Crippen molar-refractivity contribution in [3.05, 3.63) is 50.4 Å². The minimum Gasteiger partial charge on any atom is -0.342 e. The molecule has 1 aliphatic heterocycles. The van der Waals surface area contributed by atoms with Crippen molar-refractivity contribution in [2.24, 2.45) is 0 Å². The first-order chi connectivity index (χ1) is 13.3. The Balaban J connectivity index is 1.56. The van der Waals surface area contributed by atoms with Gasteiger partial charge in [-0.2, -0.15) is 5.26 Å². The van der Waals surface area contributed by atoms with Crippen molar-refractivity contribution >= 4 is 39.1 Å². The van der Waals surface area contributed by atoms with Gasteiger partial charge in [-0.1, -0.05) is 28.1 Å². The summed E-state index contributed by atoms with van der Waals surface area (Å²) in [4.78, 5) is 29.4. The molecular formula is C18H15BrF2N4O2S. The molecule has 28 heavy (non-hydrogen) atoms. The molecule has 2 amide bonds. The Bertz CT molecular complexity index is 944. The first-order valence-electron chi connectivity index (χ1n) is 8.31. The Kier molecular flexibility index (Phi) is 6.05. The van der Waals surface area contributed by atoms with E-state index >= 15 is 0 Å². The highest BCUT2D eigenvalue weighted by molar-refractivity contribution is 9.10. The number of carbonyl (C=O) groups excluding carboxylic acids is 2. The number of nitrogens with zero attached hydrogens (tertiary/aromatic N) is 3. The predicted molar refractivity (Wildman–Crippen MR) is 102 cm³/mol. The minimum atomic E-state index is -3.09. The van der Waals surface area contributed by atoms with Crippen molar-refractivity contribution in [2.75, 3.05) is 13.1 Å². The highest BCUT2D eigenvalue weighted by Gasteiger charge is 2.47. The van der Waals surface area contributed by atoms with Gasteiger partial charge in [-0.05, 0) is 17.7 Å². The zero-order valence-electron chi connectivity index (χ0n) is 14.5. The van der Waals surface area contributed by atoms with Crippen LogP contribution in [0.15, 0.2) is 34.1 Å². The smallest absolute Gasteiger partial charge is 0.271 e. The Labute approximate surface area is 172 Å². The van der Waals surface area contributed by atoms with Crippen molar-refractivity contribution in [2.45, 2.75) is 24.8 Å². The summed E-state index contributed by atoms with van der Waals surface area (Å²) in [6.07, 6.45) is -0.128. The molecule has 6 nitrogen and oxygen atoms in total. The van der Waals surface area contributed by atoms with E-state index in [4.69, 9.17) is 5.26 Å². The van der Waals surface area contributed by atoms with Crippen LogP contribution in [0.5, 0.6) is 0 Å². The summed E-state index contributed by atoms with van der Waals surface area (Å²) in [6, 6.07) is 8.23. The molecule has 0 aliphatic carbocycles. The molecule has 1 fully saturated rings. The average molecular weight is 469 g/mol. The van der Waals surface area contributed by atoms with Gasteiger partial charge < -0.3 is 10.2 Å². The number of amides is 2. The molecule has 2 heterocycles. The third-order valence-corrected chi connectivity index (χ3v) is 5.51. The second-order valence-electron chi connectivity index (χ2n) is 6.34. The maximum absolute atomic E-state index is 13.4. The average Bonchev–Trinajstić information content (AvgIpc) is 3.23. The predicted octanol–water partition coefficient (Wildman–Crippen LogP) is 2.99. The van der Waals surface area contributed by atoms with Crippen LogP contribution < -0.4 is 5.32 Å². The van der Waals surface area contributed by atoms with E-state index in [-0.39, 0.29) is 5.69 Å². The SMILES string of the molecule is N#C[C@@H]1CC(F)(F)CN1C(=O)CNC(=O)c1csc(Cc2cccc(Br)c2)n1. The zero-order chi connectivity index (χ0) is 20.3. The van der Waals surface area contributed by atoms with Crippen LogP contribution in [0, 0.1) is 11.3 Å². The maximum Gasteiger partial charge on any atom is 0.271 e. The molecule has 1 aromatic heterocycles. The largest absolute Gasteiger partial charge is 0.342 e. The number of carbonyl (C=O) groups is 2. The highest BCUT2D eigenvalue weighted by Crippen LogP contribution is 2.31.